The van der Waals surface area contributed by atoms with E-state index in [1.54, 1.807) is 0 Å². The average Bonchev–Trinajstić information content (AvgIpc) is 3.59. The number of nitrogens with one attached hydrogen (secondary N) is 2. The van der Waals surface area contributed by atoms with Crippen molar-refractivity contribution in [1.82, 2.24) is 0 Å². The number of fused-ring (bicyclic) bond motifs is 6. The van der Waals surface area contributed by atoms with Crippen LogP contribution in [0.2, 0.25) is 0 Å². The van der Waals surface area contributed by atoms with Crippen molar-refractivity contribution in [3.63, 3.8) is 0 Å². The highest BCUT2D eigenvalue weighted by Gasteiger charge is 2.11. The lowest BCUT2D eigenvalue weighted by Crippen LogP contribution is -1.89. The topological polar surface area (TPSA) is 50.3 Å². The van der Waals surface area contributed by atoms with Gasteiger partial charge >= 0.3 is 0 Å². The maximum Gasteiger partial charge on any atom is 0.158 e. The maximum atomic E-state index is 5.99. The van der Waals surface area contributed by atoms with Gasteiger partial charge in [-0.2, -0.15) is 0 Å². The van der Waals surface area contributed by atoms with Crippen LogP contribution in [0, 0.1) is 0 Å². The van der Waals surface area contributed by atoms with E-state index >= 15 is 0 Å². The average molecular weight is 519 g/mol. The Morgan fingerprint density at radius 1 is 0.325 bits per heavy atom. The summed E-state index contributed by atoms with van der Waals surface area (Å²) in [6.07, 6.45) is 0. The van der Waals surface area contributed by atoms with Gasteiger partial charge < -0.3 is 19.5 Å². The molecule has 0 aliphatic rings. The van der Waals surface area contributed by atoms with Crippen LogP contribution in [0.3, 0.4) is 0 Å². The normalized spacial score (nSPS) is 11.0. The number of para-hydroxylation sites is 6. The summed E-state index contributed by atoms with van der Waals surface area (Å²) in [5, 5.41) is 11.4. The second-order valence-electron chi connectivity index (χ2n) is 9.54. The Labute approximate surface area is 231 Å². The first-order valence-electron chi connectivity index (χ1n) is 13.3. The van der Waals surface area contributed by atoms with Crippen molar-refractivity contribution in [2.24, 2.45) is 0 Å². The molecular formula is C36H26N2O2. The van der Waals surface area contributed by atoms with Crippen LogP contribution >= 0.6 is 0 Å². The van der Waals surface area contributed by atoms with Crippen LogP contribution in [0.25, 0.3) is 43.9 Å². The summed E-state index contributed by atoms with van der Waals surface area (Å²) in [5.41, 5.74) is 7.74. The molecule has 0 saturated carbocycles. The third kappa shape index (κ3) is 4.52. The van der Waals surface area contributed by atoms with Crippen molar-refractivity contribution in [3.05, 3.63) is 146 Å². The Morgan fingerprint density at radius 3 is 1.15 bits per heavy atom. The van der Waals surface area contributed by atoms with Crippen molar-refractivity contribution < 1.29 is 8.83 Å². The van der Waals surface area contributed by atoms with E-state index in [0.29, 0.717) is 0 Å². The van der Waals surface area contributed by atoms with Crippen molar-refractivity contribution in [1.29, 1.82) is 0 Å². The fourth-order valence-corrected chi connectivity index (χ4v) is 5.05. The molecule has 0 fully saturated rings. The van der Waals surface area contributed by atoms with Gasteiger partial charge in [0.15, 0.2) is 11.2 Å². The molecule has 40 heavy (non-hydrogen) atoms. The van der Waals surface area contributed by atoms with Gasteiger partial charge in [0.05, 0.1) is 11.4 Å². The summed E-state index contributed by atoms with van der Waals surface area (Å²) in [7, 11) is 0. The summed E-state index contributed by atoms with van der Waals surface area (Å²) in [6, 6.07) is 48.9. The third-order valence-electron chi connectivity index (χ3n) is 6.91. The first kappa shape index (κ1) is 23.6. The van der Waals surface area contributed by atoms with E-state index in [0.717, 1.165) is 66.6 Å². The monoisotopic (exact) mass is 518 g/mol. The van der Waals surface area contributed by atoms with Crippen LogP contribution < -0.4 is 10.6 Å². The van der Waals surface area contributed by atoms with Gasteiger partial charge in [-0.15, -0.1) is 0 Å². The summed E-state index contributed by atoms with van der Waals surface area (Å²) in [5.74, 6) is 0. The van der Waals surface area contributed by atoms with E-state index in [9.17, 15) is 0 Å². The fourth-order valence-electron chi connectivity index (χ4n) is 5.05. The maximum absolute atomic E-state index is 5.99. The SMILES string of the molecule is c1ccc(Nc2cccc3c2oc2ccccc23)cc1.c1ccc(Nc2cccc3c2oc2ccccc23)cc1. The van der Waals surface area contributed by atoms with Gasteiger partial charge in [0.25, 0.3) is 0 Å². The quantitative estimate of drug-likeness (QED) is 0.243. The van der Waals surface area contributed by atoms with E-state index < -0.39 is 0 Å². The van der Waals surface area contributed by atoms with Gasteiger partial charge in [0.2, 0.25) is 0 Å². The van der Waals surface area contributed by atoms with Crippen molar-refractivity contribution in [2.75, 3.05) is 10.6 Å². The molecule has 0 aliphatic carbocycles. The molecule has 2 heterocycles. The van der Waals surface area contributed by atoms with Crippen LogP contribution in [-0.2, 0) is 0 Å². The van der Waals surface area contributed by atoms with E-state index in [-0.39, 0.29) is 0 Å². The third-order valence-corrected chi connectivity index (χ3v) is 6.91. The number of benzene rings is 6. The molecular weight excluding hydrogens is 492 g/mol. The molecule has 0 amide bonds. The van der Waals surface area contributed by atoms with E-state index in [1.165, 1.54) is 0 Å². The zero-order valence-corrected chi connectivity index (χ0v) is 21.7. The van der Waals surface area contributed by atoms with Crippen molar-refractivity contribution in [3.8, 4) is 0 Å². The minimum Gasteiger partial charge on any atom is -0.454 e. The van der Waals surface area contributed by atoms with Gasteiger partial charge in [-0.3, -0.25) is 0 Å². The standard InChI is InChI=1S/2C18H13NO/c2*1-2-7-13(8-3-1)19-16-11-6-10-15-14-9-4-5-12-17(14)20-18(15)16/h2*1-12,19H. The molecule has 0 bridgehead atoms. The minimum atomic E-state index is 0.901. The lowest BCUT2D eigenvalue weighted by molar-refractivity contribution is 0.670. The van der Waals surface area contributed by atoms with E-state index in [4.69, 9.17) is 8.83 Å². The second-order valence-corrected chi connectivity index (χ2v) is 9.54. The van der Waals surface area contributed by atoms with Crippen LogP contribution in [0.15, 0.2) is 154 Å². The molecule has 2 N–H and O–H groups in total. The summed E-state index contributed by atoms with van der Waals surface area (Å²) in [4.78, 5) is 0. The highest BCUT2D eigenvalue weighted by Crippen LogP contribution is 2.35. The first-order chi connectivity index (χ1) is 19.8. The van der Waals surface area contributed by atoms with Gasteiger partial charge in [-0.05, 0) is 48.5 Å². The zero-order valence-electron chi connectivity index (χ0n) is 21.7. The first-order valence-corrected chi connectivity index (χ1v) is 13.3. The molecule has 2 aromatic heterocycles. The Kier molecular flexibility index (Phi) is 6.11. The smallest absolute Gasteiger partial charge is 0.158 e. The molecule has 8 rings (SSSR count). The Hall–Kier alpha value is -5.48. The van der Waals surface area contributed by atoms with Crippen molar-refractivity contribution in [2.45, 2.75) is 0 Å². The molecule has 0 spiro atoms. The molecule has 6 aromatic carbocycles. The number of hydrogen-bond acceptors (Lipinski definition) is 4. The number of hydrogen-bond donors (Lipinski definition) is 2. The lowest BCUT2D eigenvalue weighted by atomic mass is 10.1. The molecule has 4 heteroatoms. The molecule has 8 aromatic rings. The number of anilines is 4. The highest BCUT2D eigenvalue weighted by molar-refractivity contribution is 6.10. The Bertz CT molecular complexity index is 1910. The summed E-state index contributed by atoms with van der Waals surface area (Å²) >= 11 is 0. The predicted octanol–water partition coefficient (Wildman–Crippen LogP) is 10.7. The molecule has 0 radical (unpaired) electrons. The predicted molar refractivity (Wildman–Crippen MR) is 167 cm³/mol. The molecule has 0 atom stereocenters. The molecule has 0 unspecified atom stereocenters. The van der Waals surface area contributed by atoms with Crippen LogP contribution in [-0.4, -0.2) is 0 Å². The van der Waals surface area contributed by atoms with Crippen LogP contribution in [0.4, 0.5) is 22.7 Å². The van der Waals surface area contributed by atoms with E-state index in [1.807, 2.05) is 109 Å². The Morgan fingerprint density at radius 2 is 0.700 bits per heavy atom. The summed E-state index contributed by atoms with van der Waals surface area (Å²) < 4.78 is 12.0. The number of rotatable bonds is 4. The summed E-state index contributed by atoms with van der Waals surface area (Å²) in [6.45, 7) is 0. The fraction of sp³-hybridized carbons (Fsp3) is 0. The van der Waals surface area contributed by atoms with E-state index in [2.05, 4.69) is 47.0 Å². The molecule has 0 saturated heterocycles. The molecule has 4 nitrogen and oxygen atoms in total. The zero-order chi connectivity index (χ0) is 26.7. The number of furan rings is 2. The second kappa shape index (κ2) is 10.4. The van der Waals surface area contributed by atoms with Gasteiger partial charge in [0, 0.05) is 32.9 Å². The van der Waals surface area contributed by atoms with Crippen LogP contribution in [0.1, 0.15) is 0 Å². The minimum absolute atomic E-state index is 0.901. The van der Waals surface area contributed by atoms with Gasteiger partial charge in [-0.25, -0.2) is 0 Å². The highest BCUT2D eigenvalue weighted by atomic mass is 16.3. The Balaban J connectivity index is 0.000000132. The van der Waals surface area contributed by atoms with Gasteiger partial charge in [0.1, 0.15) is 11.2 Å². The van der Waals surface area contributed by atoms with Gasteiger partial charge in [-0.1, -0.05) is 97.1 Å². The van der Waals surface area contributed by atoms with Crippen molar-refractivity contribution >= 4 is 66.6 Å². The lowest BCUT2D eigenvalue weighted by Gasteiger charge is -2.06. The van der Waals surface area contributed by atoms with Crippen LogP contribution in [0.5, 0.6) is 0 Å². The molecule has 0 aliphatic heterocycles. The largest absolute Gasteiger partial charge is 0.454 e. The molecule has 192 valence electrons.